The van der Waals surface area contributed by atoms with Crippen molar-refractivity contribution in [2.24, 2.45) is 0 Å². The maximum atomic E-state index is 12.0. The van der Waals surface area contributed by atoms with Crippen LogP contribution >= 0.6 is 7.82 Å². The molecule has 46 heavy (non-hydrogen) atoms. The maximum absolute atomic E-state index is 12.0. The molecule has 0 aliphatic carbocycles. The van der Waals surface area contributed by atoms with E-state index in [1.54, 1.807) is 0 Å². The number of phosphoric ester groups is 1. The molecule has 0 aromatic heterocycles. The van der Waals surface area contributed by atoms with Crippen molar-refractivity contribution in [1.29, 1.82) is 0 Å². The number of esters is 1. The lowest BCUT2D eigenvalue weighted by Gasteiger charge is -2.15. The van der Waals surface area contributed by atoms with Crippen LogP contribution in [0.15, 0.2) is 24.3 Å². The Hall–Kier alpha value is -1.51. The lowest BCUT2D eigenvalue weighted by atomic mass is 10.1. The summed E-state index contributed by atoms with van der Waals surface area (Å²) in [6, 6.07) is 0. The van der Waals surface area contributed by atoms with Crippen molar-refractivity contribution in [3.63, 3.8) is 0 Å². The lowest BCUT2D eigenvalue weighted by molar-refractivity contribution is -0.147. The van der Waals surface area contributed by atoms with E-state index >= 15 is 0 Å². The highest BCUT2D eigenvalue weighted by Crippen LogP contribution is 2.42. The molecule has 0 rings (SSSR count). The van der Waals surface area contributed by atoms with Gasteiger partial charge in [-0.2, -0.15) is 0 Å². The molecule has 270 valence electrons. The van der Waals surface area contributed by atoms with Gasteiger partial charge in [-0.3, -0.25) is 18.6 Å². The Balaban J connectivity index is 3.66. The highest BCUT2D eigenvalue weighted by Gasteiger charge is 2.23. The number of carbonyl (C=O) groups is 2. The summed E-state index contributed by atoms with van der Waals surface area (Å²) in [4.78, 5) is 33.7. The van der Waals surface area contributed by atoms with Gasteiger partial charge in [0.1, 0.15) is 12.7 Å². The van der Waals surface area contributed by atoms with Crippen molar-refractivity contribution in [2.45, 2.75) is 168 Å². The number of ether oxygens (including phenoxy) is 1. The minimum atomic E-state index is -4.41. The van der Waals surface area contributed by atoms with Crippen LogP contribution in [0.1, 0.15) is 162 Å². The number of phosphoric acid groups is 1. The van der Waals surface area contributed by atoms with Crippen LogP contribution in [0.2, 0.25) is 0 Å². The molecule has 2 unspecified atom stereocenters. The molecule has 0 aliphatic heterocycles. The Morgan fingerprint density at radius 1 is 0.652 bits per heavy atom. The van der Waals surface area contributed by atoms with E-state index in [0.29, 0.717) is 6.42 Å². The fraction of sp³-hybridized carbons (Fsp3) is 0.833. The average Bonchev–Trinajstić information content (AvgIpc) is 3.04. The van der Waals surface area contributed by atoms with Crippen molar-refractivity contribution in [3.8, 4) is 0 Å². The Labute approximate surface area is 280 Å². The third-order valence-corrected chi connectivity index (χ3v) is 8.59. The largest absolute Gasteiger partial charge is 0.472 e. The predicted octanol–water partition coefficient (Wildman–Crippen LogP) is 9.26. The molecule has 1 amide bonds. The third-order valence-electron chi connectivity index (χ3n) is 7.60. The summed E-state index contributed by atoms with van der Waals surface area (Å²) >= 11 is 0. The van der Waals surface area contributed by atoms with E-state index < -0.39 is 26.5 Å². The van der Waals surface area contributed by atoms with E-state index in [2.05, 4.69) is 43.5 Å². The van der Waals surface area contributed by atoms with Gasteiger partial charge < -0.3 is 20.1 Å². The summed E-state index contributed by atoms with van der Waals surface area (Å²) in [5, 5.41) is 12.6. The van der Waals surface area contributed by atoms with Crippen molar-refractivity contribution >= 4 is 19.7 Å². The Morgan fingerprint density at radius 3 is 1.67 bits per heavy atom. The quantitative estimate of drug-likeness (QED) is 0.0267. The first kappa shape index (κ1) is 44.5. The summed E-state index contributed by atoms with van der Waals surface area (Å²) < 4.78 is 26.7. The number of hydrogen-bond donors (Lipinski definition) is 3. The molecule has 0 radical (unpaired) electrons. The fourth-order valence-electron chi connectivity index (χ4n) is 4.78. The number of carbonyl (C=O) groups excluding carboxylic acids is 2. The van der Waals surface area contributed by atoms with Gasteiger partial charge in [0.25, 0.3) is 0 Å². The van der Waals surface area contributed by atoms with Crippen LogP contribution in [0.3, 0.4) is 0 Å². The van der Waals surface area contributed by atoms with E-state index in [4.69, 9.17) is 13.8 Å². The molecule has 10 heteroatoms. The minimum Gasteiger partial charge on any atom is -0.463 e. The number of rotatable bonds is 34. The number of nitrogens with one attached hydrogen (secondary N) is 1. The molecular formula is C36H68NO8P. The summed E-state index contributed by atoms with van der Waals surface area (Å²) in [6.45, 7) is 3.47. The highest BCUT2D eigenvalue weighted by molar-refractivity contribution is 7.47. The summed E-state index contributed by atoms with van der Waals surface area (Å²) in [7, 11) is -4.41. The van der Waals surface area contributed by atoms with Gasteiger partial charge in [-0.25, -0.2) is 4.57 Å². The van der Waals surface area contributed by atoms with E-state index in [1.807, 2.05) is 0 Å². The molecule has 0 spiro atoms. The second-order valence-corrected chi connectivity index (χ2v) is 13.6. The topological polar surface area (TPSA) is 131 Å². The zero-order valence-corrected chi connectivity index (χ0v) is 30.2. The zero-order valence-electron chi connectivity index (χ0n) is 29.3. The molecule has 0 bridgehead atoms. The standard InChI is InChI=1S/C36H68NO8P/c1-3-5-7-9-11-13-15-17-19-21-23-25-27-29-36(40)43-32-34(38)33-45-46(41,42)44-31-30-37-35(39)28-26-24-22-20-18-16-14-12-10-8-6-4-2/h12-15,34,38H,3-11,16-33H2,1-2H3,(H,37,39)(H,41,42)/b14-12-,15-13-. The predicted molar refractivity (Wildman–Crippen MR) is 188 cm³/mol. The van der Waals surface area contributed by atoms with Gasteiger partial charge in [0.2, 0.25) is 5.91 Å². The van der Waals surface area contributed by atoms with Gasteiger partial charge >= 0.3 is 13.8 Å². The second kappa shape index (κ2) is 33.4. The van der Waals surface area contributed by atoms with Crippen molar-refractivity contribution < 1.29 is 37.9 Å². The minimum absolute atomic E-state index is 0.0771. The average molecular weight is 674 g/mol. The van der Waals surface area contributed by atoms with Crippen LogP contribution in [-0.4, -0.2) is 54.3 Å². The van der Waals surface area contributed by atoms with E-state index in [1.165, 1.54) is 64.2 Å². The molecule has 0 aromatic rings. The normalized spacial score (nSPS) is 13.7. The molecule has 3 N–H and O–H groups in total. The van der Waals surface area contributed by atoms with E-state index in [0.717, 1.165) is 70.6 Å². The van der Waals surface area contributed by atoms with Crippen LogP contribution < -0.4 is 5.32 Å². The second-order valence-electron chi connectivity index (χ2n) is 12.2. The Morgan fingerprint density at radius 2 is 1.11 bits per heavy atom. The summed E-state index contributed by atoms with van der Waals surface area (Å²) in [6.07, 6.45) is 32.5. The molecular weight excluding hydrogens is 605 g/mol. The lowest BCUT2D eigenvalue weighted by Crippen LogP contribution is -2.27. The molecule has 9 nitrogen and oxygen atoms in total. The summed E-state index contributed by atoms with van der Waals surface area (Å²) in [5.41, 5.74) is 0. The van der Waals surface area contributed by atoms with Gasteiger partial charge in [0.15, 0.2) is 0 Å². The Bertz CT molecular complexity index is 820. The first-order valence-electron chi connectivity index (χ1n) is 18.3. The monoisotopic (exact) mass is 673 g/mol. The SMILES string of the molecule is CCCCC/C=C\CCCCCCCC(=O)NCCOP(=O)(O)OCC(O)COC(=O)CCCCCCC/C=C\CCCCCC. The number of hydrogen-bond acceptors (Lipinski definition) is 7. The first-order valence-corrected chi connectivity index (χ1v) is 19.8. The van der Waals surface area contributed by atoms with Crippen LogP contribution in [-0.2, 0) is 27.9 Å². The van der Waals surface area contributed by atoms with Crippen LogP contribution in [0.5, 0.6) is 0 Å². The van der Waals surface area contributed by atoms with E-state index in [9.17, 15) is 24.2 Å². The van der Waals surface area contributed by atoms with Gasteiger partial charge in [-0.15, -0.1) is 0 Å². The molecule has 0 aliphatic rings. The molecule has 0 aromatic carbocycles. The number of unbranched alkanes of at least 4 members (excludes halogenated alkanes) is 17. The van der Waals surface area contributed by atoms with Gasteiger partial charge in [0, 0.05) is 19.4 Å². The van der Waals surface area contributed by atoms with Crippen molar-refractivity contribution in [3.05, 3.63) is 24.3 Å². The van der Waals surface area contributed by atoms with Crippen LogP contribution in [0, 0.1) is 0 Å². The molecule has 2 atom stereocenters. The van der Waals surface area contributed by atoms with Gasteiger partial charge in [-0.1, -0.05) is 109 Å². The van der Waals surface area contributed by atoms with Gasteiger partial charge in [-0.05, 0) is 64.2 Å². The fourth-order valence-corrected chi connectivity index (χ4v) is 5.54. The van der Waals surface area contributed by atoms with Crippen molar-refractivity contribution in [2.75, 3.05) is 26.4 Å². The molecule has 0 fully saturated rings. The highest BCUT2D eigenvalue weighted by atomic mass is 31.2. The van der Waals surface area contributed by atoms with Crippen LogP contribution in [0.25, 0.3) is 0 Å². The van der Waals surface area contributed by atoms with E-state index in [-0.39, 0.29) is 32.1 Å². The summed E-state index contributed by atoms with van der Waals surface area (Å²) in [5.74, 6) is -0.536. The Kier molecular flexibility index (Phi) is 32.3. The maximum Gasteiger partial charge on any atom is 0.472 e. The first-order chi connectivity index (χ1) is 22.3. The number of amides is 1. The van der Waals surface area contributed by atoms with Crippen LogP contribution in [0.4, 0.5) is 0 Å². The molecule has 0 heterocycles. The van der Waals surface area contributed by atoms with Gasteiger partial charge in [0.05, 0.1) is 13.2 Å². The van der Waals surface area contributed by atoms with Crippen molar-refractivity contribution in [1.82, 2.24) is 5.32 Å². The number of allylic oxidation sites excluding steroid dienone is 4. The zero-order chi connectivity index (χ0) is 34.0. The third kappa shape index (κ3) is 33.8. The number of aliphatic hydroxyl groups is 1. The molecule has 0 saturated heterocycles. The number of aliphatic hydroxyl groups excluding tert-OH is 1. The molecule has 0 saturated carbocycles. The smallest absolute Gasteiger partial charge is 0.463 e.